The lowest BCUT2D eigenvalue weighted by Crippen LogP contribution is -2.11. The molecule has 0 radical (unpaired) electrons. The fourth-order valence-corrected chi connectivity index (χ4v) is 3.15. The molecule has 0 saturated carbocycles. The van der Waals surface area contributed by atoms with Crippen LogP contribution in [0.2, 0.25) is 0 Å². The zero-order chi connectivity index (χ0) is 11.5. The first-order valence-electron chi connectivity index (χ1n) is 4.06. The van der Waals surface area contributed by atoms with Crippen molar-refractivity contribution >= 4 is 38.3 Å². The van der Waals surface area contributed by atoms with Crippen LogP contribution >= 0.6 is 23.2 Å². The van der Waals surface area contributed by atoms with Gasteiger partial charge in [-0.15, -0.1) is 11.6 Å². The summed E-state index contributed by atoms with van der Waals surface area (Å²) in [5.74, 6) is -0.233. The zero-order valence-corrected chi connectivity index (χ0v) is 9.94. The number of alkyl halides is 1. The van der Waals surface area contributed by atoms with Crippen molar-refractivity contribution in [3.63, 3.8) is 0 Å². The van der Waals surface area contributed by atoms with Crippen LogP contribution in [0.15, 0.2) is 29.2 Å². The topological polar surface area (TPSA) is 51.2 Å². The summed E-state index contributed by atoms with van der Waals surface area (Å²) in [6.07, 6.45) is 0. The molecule has 82 valence electrons. The molecule has 0 aromatic heterocycles. The molecule has 0 fully saturated rings. The highest BCUT2D eigenvalue weighted by Gasteiger charge is 2.20. The predicted molar refractivity (Wildman–Crippen MR) is 59.4 cm³/mol. The van der Waals surface area contributed by atoms with Gasteiger partial charge in [0.15, 0.2) is 9.84 Å². The number of carbonyl (C=O) groups is 1. The molecule has 0 aliphatic heterocycles. The van der Waals surface area contributed by atoms with Crippen LogP contribution in [0.1, 0.15) is 10.4 Å². The maximum absolute atomic E-state index is 11.7. The number of rotatable bonds is 4. The maximum atomic E-state index is 11.7. The van der Waals surface area contributed by atoms with Crippen molar-refractivity contribution in [3.05, 3.63) is 29.8 Å². The molecular weight excluding hydrogens is 259 g/mol. The molecule has 0 unspecified atom stereocenters. The van der Waals surface area contributed by atoms with E-state index < -0.39 is 15.1 Å². The third-order valence-corrected chi connectivity index (χ3v) is 4.16. The first-order valence-corrected chi connectivity index (χ1v) is 6.63. The van der Waals surface area contributed by atoms with Crippen molar-refractivity contribution < 1.29 is 13.2 Å². The second-order valence-corrected chi connectivity index (χ2v) is 5.58. The molecule has 0 heterocycles. The van der Waals surface area contributed by atoms with Crippen molar-refractivity contribution in [2.45, 2.75) is 4.90 Å². The van der Waals surface area contributed by atoms with Crippen molar-refractivity contribution in [2.75, 3.05) is 11.6 Å². The molecule has 1 aromatic rings. The van der Waals surface area contributed by atoms with Crippen LogP contribution in [-0.2, 0) is 9.84 Å². The van der Waals surface area contributed by atoms with E-state index in [0.29, 0.717) is 0 Å². The van der Waals surface area contributed by atoms with Crippen molar-refractivity contribution in [2.24, 2.45) is 0 Å². The summed E-state index contributed by atoms with van der Waals surface area (Å²) in [6.45, 7) is 0. The van der Waals surface area contributed by atoms with Crippen LogP contribution in [0.5, 0.6) is 0 Å². The molecule has 0 amide bonds. The van der Waals surface area contributed by atoms with Gasteiger partial charge in [-0.1, -0.05) is 12.1 Å². The van der Waals surface area contributed by atoms with Gasteiger partial charge in [-0.2, -0.15) is 0 Å². The van der Waals surface area contributed by atoms with Crippen LogP contribution in [0.25, 0.3) is 0 Å². The van der Waals surface area contributed by atoms with E-state index >= 15 is 0 Å². The molecule has 15 heavy (non-hydrogen) atoms. The highest BCUT2D eigenvalue weighted by atomic mass is 35.5. The Hall–Kier alpha value is -0.580. The van der Waals surface area contributed by atoms with Crippen molar-refractivity contribution in [1.82, 2.24) is 0 Å². The lowest BCUT2D eigenvalue weighted by Gasteiger charge is -2.05. The van der Waals surface area contributed by atoms with Gasteiger partial charge in [0.25, 0.3) is 5.24 Å². The number of carbonyl (C=O) groups excluding carboxylic acids is 1. The molecule has 0 saturated heterocycles. The Morgan fingerprint density at radius 1 is 1.27 bits per heavy atom. The molecule has 0 N–H and O–H groups in total. The summed E-state index contributed by atoms with van der Waals surface area (Å²) < 4.78 is 23.3. The van der Waals surface area contributed by atoms with Gasteiger partial charge in [0.1, 0.15) is 0 Å². The molecule has 0 atom stereocenters. The second-order valence-electron chi connectivity index (χ2n) is 2.78. The first-order chi connectivity index (χ1) is 6.99. The molecule has 0 aliphatic rings. The highest BCUT2D eigenvalue weighted by Crippen LogP contribution is 2.18. The third-order valence-electron chi connectivity index (χ3n) is 1.78. The minimum atomic E-state index is -3.52. The van der Waals surface area contributed by atoms with E-state index in [1.807, 2.05) is 0 Å². The number of sulfone groups is 1. The van der Waals surface area contributed by atoms with E-state index in [9.17, 15) is 13.2 Å². The Kier molecular flexibility index (Phi) is 4.13. The summed E-state index contributed by atoms with van der Waals surface area (Å²) >= 11 is 10.6. The average molecular weight is 267 g/mol. The average Bonchev–Trinajstić information content (AvgIpc) is 2.17. The van der Waals surface area contributed by atoms with Gasteiger partial charge in [-0.05, 0) is 23.7 Å². The van der Waals surface area contributed by atoms with E-state index in [4.69, 9.17) is 23.2 Å². The maximum Gasteiger partial charge on any atom is 0.253 e. The fraction of sp³-hybridized carbons (Fsp3) is 0.222. The largest absolute Gasteiger partial charge is 0.276 e. The molecule has 1 rings (SSSR count). The Bertz CT molecular complexity index is 468. The van der Waals surface area contributed by atoms with E-state index in [1.54, 1.807) is 6.07 Å². The molecule has 6 heteroatoms. The molecule has 0 bridgehead atoms. The quantitative estimate of drug-likeness (QED) is 0.620. The number of benzene rings is 1. The van der Waals surface area contributed by atoms with Gasteiger partial charge in [0, 0.05) is 5.88 Å². The Morgan fingerprint density at radius 3 is 2.40 bits per heavy atom. The summed E-state index contributed by atoms with van der Waals surface area (Å²) in [4.78, 5) is 10.9. The first kappa shape index (κ1) is 12.5. The lowest BCUT2D eigenvalue weighted by atomic mass is 10.2. The minimum absolute atomic E-state index is 0.00992. The third kappa shape index (κ3) is 2.93. The Balaban J connectivity index is 3.31. The van der Waals surface area contributed by atoms with E-state index in [-0.39, 0.29) is 22.1 Å². The standard InChI is InChI=1S/C9H8Cl2O3S/c10-5-6-15(13,14)8-4-2-1-3-7(8)9(11)12/h1-4H,5-6H2. The normalized spacial score (nSPS) is 11.3. The van der Waals surface area contributed by atoms with Gasteiger partial charge < -0.3 is 0 Å². The smallest absolute Gasteiger partial charge is 0.253 e. The summed E-state index contributed by atoms with van der Waals surface area (Å²) in [7, 11) is -3.52. The van der Waals surface area contributed by atoms with Crippen LogP contribution in [0, 0.1) is 0 Å². The second kappa shape index (κ2) is 4.96. The highest BCUT2D eigenvalue weighted by molar-refractivity contribution is 7.91. The summed E-state index contributed by atoms with van der Waals surface area (Å²) in [6, 6.07) is 5.80. The Morgan fingerprint density at radius 2 is 1.87 bits per heavy atom. The molecule has 3 nitrogen and oxygen atoms in total. The van der Waals surface area contributed by atoms with E-state index in [1.165, 1.54) is 18.2 Å². The van der Waals surface area contributed by atoms with Crippen LogP contribution in [0.4, 0.5) is 0 Å². The van der Waals surface area contributed by atoms with Crippen molar-refractivity contribution in [3.8, 4) is 0 Å². The molecule has 0 aliphatic carbocycles. The van der Waals surface area contributed by atoms with Crippen LogP contribution in [0.3, 0.4) is 0 Å². The summed E-state index contributed by atoms with van der Waals surface area (Å²) in [5.41, 5.74) is -0.00992. The number of hydrogen-bond acceptors (Lipinski definition) is 3. The lowest BCUT2D eigenvalue weighted by molar-refractivity contribution is 0.107. The number of halogens is 2. The SMILES string of the molecule is O=C(Cl)c1ccccc1S(=O)(=O)CCCl. The van der Waals surface area contributed by atoms with Crippen LogP contribution in [-0.4, -0.2) is 25.3 Å². The summed E-state index contributed by atoms with van der Waals surface area (Å²) in [5, 5.41) is -0.788. The van der Waals surface area contributed by atoms with Crippen LogP contribution < -0.4 is 0 Å². The van der Waals surface area contributed by atoms with Gasteiger partial charge in [0.05, 0.1) is 16.2 Å². The zero-order valence-electron chi connectivity index (χ0n) is 7.61. The van der Waals surface area contributed by atoms with Gasteiger partial charge in [-0.3, -0.25) is 4.79 Å². The number of hydrogen-bond donors (Lipinski definition) is 0. The van der Waals surface area contributed by atoms with Crippen molar-refractivity contribution in [1.29, 1.82) is 0 Å². The molecular formula is C9H8Cl2O3S. The molecule has 1 aromatic carbocycles. The monoisotopic (exact) mass is 266 g/mol. The predicted octanol–water partition coefficient (Wildman–Crippen LogP) is 2.08. The molecule has 0 spiro atoms. The van der Waals surface area contributed by atoms with Gasteiger partial charge >= 0.3 is 0 Å². The van der Waals surface area contributed by atoms with Gasteiger partial charge in [-0.25, -0.2) is 8.42 Å². The fourth-order valence-electron chi connectivity index (χ4n) is 1.11. The van der Waals surface area contributed by atoms with E-state index in [2.05, 4.69) is 0 Å². The minimum Gasteiger partial charge on any atom is -0.276 e. The Labute approximate surface area is 97.9 Å². The van der Waals surface area contributed by atoms with Gasteiger partial charge in [0.2, 0.25) is 0 Å². The van der Waals surface area contributed by atoms with E-state index in [0.717, 1.165) is 0 Å².